The Morgan fingerprint density at radius 1 is 1.53 bits per heavy atom. The molecule has 0 spiro atoms. The number of carbonyl (C=O) groups excluding carboxylic acids is 1. The van der Waals surface area contributed by atoms with Gasteiger partial charge in [0.25, 0.3) is 5.56 Å². The number of hydrogen-bond acceptors (Lipinski definition) is 4. The number of nitrogens with zero attached hydrogens (tertiary/aromatic N) is 1. The van der Waals surface area contributed by atoms with E-state index in [4.69, 9.17) is 5.11 Å². The topological polar surface area (TPSA) is 104 Å². The molecular formula is C10H13N3O4. The second-order valence-electron chi connectivity index (χ2n) is 4.22. The molecule has 17 heavy (non-hydrogen) atoms. The molecule has 3 N–H and O–H groups in total. The van der Waals surface area contributed by atoms with Crippen molar-refractivity contribution in [1.82, 2.24) is 14.9 Å². The molecule has 0 atom stereocenters. The Morgan fingerprint density at radius 2 is 2.24 bits per heavy atom. The average Bonchev–Trinajstić information content (AvgIpc) is 3.03. The van der Waals surface area contributed by atoms with E-state index in [1.54, 1.807) is 0 Å². The van der Waals surface area contributed by atoms with Gasteiger partial charge in [-0.15, -0.1) is 0 Å². The van der Waals surface area contributed by atoms with Gasteiger partial charge in [-0.05, 0) is 12.8 Å². The zero-order valence-electron chi connectivity index (χ0n) is 9.10. The maximum atomic E-state index is 11.6. The molecule has 7 heteroatoms. The first-order valence-corrected chi connectivity index (χ1v) is 5.26. The van der Waals surface area contributed by atoms with Gasteiger partial charge in [0.1, 0.15) is 6.54 Å². The van der Waals surface area contributed by atoms with Gasteiger partial charge in [-0.25, -0.2) is 4.79 Å². The quantitative estimate of drug-likeness (QED) is 0.575. The molecule has 1 aromatic rings. The normalized spacial score (nSPS) is 16.5. The summed E-state index contributed by atoms with van der Waals surface area (Å²) in [6.45, 7) is -0.267. The molecule has 1 saturated carbocycles. The van der Waals surface area contributed by atoms with Gasteiger partial charge in [0.05, 0.1) is 12.1 Å². The first-order chi connectivity index (χ1) is 8.04. The number of nitrogens with one attached hydrogen (secondary N) is 2. The van der Waals surface area contributed by atoms with E-state index >= 15 is 0 Å². The minimum absolute atomic E-state index is 0.0980. The lowest BCUT2D eigenvalue weighted by Gasteiger charge is -2.14. The number of aliphatic hydroxyl groups excluding tert-OH is 1. The van der Waals surface area contributed by atoms with Gasteiger partial charge < -0.3 is 10.4 Å². The highest BCUT2D eigenvalue weighted by atomic mass is 16.3. The second-order valence-corrected chi connectivity index (χ2v) is 4.22. The molecule has 1 aromatic heterocycles. The lowest BCUT2D eigenvalue weighted by molar-refractivity contribution is -0.123. The molecule has 2 rings (SSSR count). The van der Waals surface area contributed by atoms with Crippen molar-refractivity contribution in [2.45, 2.75) is 24.9 Å². The van der Waals surface area contributed by atoms with Crippen LogP contribution in [0.25, 0.3) is 0 Å². The summed E-state index contributed by atoms with van der Waals surface area (Å²) in [5.74, 6) is -0.356. The lowest BCUT2D eigenvalue weighted by atomic mass is 10.3. The maximum Gasteiger partial charge on any atom is 0.328 e. The summed E-state index contributed by atoms with van der Waals surface area (Å²) in [4.78, 5) is 35.8. The van der Waals surface area contributed by atoms with Crippen LogP contribution < -0.4 is 16.6 Å². The summed E-state index contributed by atoms with van der Waals surface area (Å²) in [6, 6.07) is 1.17. The van der Waals surface area contributed by atoms with Crippen molar-refractivity contribution in [2.75, 3.05) is 6.61 Å². The van der Waals surface area contributed by atoms with Gasteiger partial charge in [0.2, 0.25) is 5.91 Å². The molecule has 1 heterocycles. The zero-order chi connectivity index (χ0) is 12.5. The highest BCUT2D eigenvalue weighted by Crippen LogP contribution is 2.34. The van der Waals surface area contributed by atoms with Crippen molar-refractivity contribution >= 4 is 5.91 Å². The smallest absolute Gasteiger partial charge is 0.328 e. The fraction of sp³-hybridized carbons (Fsp3) is 0.500. The van der Waals surface area contributed by atoms with E-state index in [-0.39, 0.29) is 19.1 Å². The van der Waals surface area contributed by atoms with Gasteiger partial charge in [0.15, 0.2) is 0 Å². The van der Waals surface area contributed by atoms with E-state index < -0.39 is 16.8 Å². The average molecular weight is 239 g/mol. The number of hydrogen-bond donors (Lipinski definition) is 3. The number of carbonyl (C=O) groups is 1. The van der Waals surface area contributed by atoms with Gasteiger partial charge in [-0.2, -0.15) is 0 Å². The Bertz CT molecular complexity index is 541. The summed E-state index contributed by atoms with van der Waals surface area (Å²) < 4.78 is 1.10. The van der Waals surface area contributed by atoms with E-state index in [1.807, 2.05) is 0 Å². The van der Waals surface area contributed by atoms with E-state index in [0.717, 1.165) is 17.4 Å². The van der Waals surface area contributed by atoms with Crippen molar-refractivity contribution in [3.63, 3.8) is 0 Å². The number of H-pyrrole nitrogens is 1. The van der Waals surface area contributed by atoms with E-state index in [0.29, 0.717) is 0 Å². The van der Waals surface area contributed by atoms with Crippen LogP contribution in [0.5, 0.6) is 0 Å². The molecule has 0 aliphatic heterocycles. The minimum atomic E-state index is -0.624. The molecule has 1 amide bonds. The fourth-order valence-corrected chi connectivity index (χ4v) is 1.53. The summed E-state index contributed by atoms with van der Waals surface area (Å²) in [7, 11) is 0. The third-order valence-electron chi connectivity index (χ3n) is 2.77. The maximum absolute atomic E-state index is 11.6. The molecule has 0 radical (unpaired) electrons. The Hall–Kier alpha value is -1.89. The van der Waals surface area contributed by atoms with Crippen molar-refractivity contribution in [1.29, 1.82) is 0 Å². The van der Waals surface area contributed by atoms with Gasteiger partial charge in [0, 0.05) is 12.3 Å². The Balaban J connectivity index is 2.03. The number of aliphatic hydroxyl groups is 1. The van der Waals surface area contributed by atoms with E-state index in [2.05, 4.69) is 10.3 Å². The molecule has 1 aliphatic carbocycles. The second kappa shape index (κ2) is 4.17. The SMILES string of the molecule is O=C(Cn1ccc(=O)[nH]c1=O)NC1(CO)CC1. The molecule has 7 nitrogen and oxygen atoms in total. The first-order valence-electron chi connectivity index (χ1n) is 5.26. The van der Waals surface area contributed by atoms with E-state index in [9.17, 15) is 14.4 Å². The Morgan fingerprint density at radius 3 is 2.76 bits per heavy atom. The van der Waals surface area contributed by atoms with Crippen molar-refractivity contribution in [3.05, 3.63) is 33.1 Å². The first kappa shape index (κ1) is 11.6. The predicted octanol–water partition coefficient (Wildman–Crippen LogP) is -1.82. The van der Waals surface area contributed by atoms with Gasteiger partial charge >= 0.3 is 5.69 Å². The molecule has 0 aromatic carbocycles. The third kappa shape index (κ3) is 2.62. The van der Waals surface area contributed by atoms with Gasteiger partial charge in [-0.1, -0.05) is 0 Å². The highest BCUT2D eigenvalue weighted by molar-refractivity contribution is 5.77. The summed E-state index contributed by atoms with van der Waals surface area (Å²) in [5.41, 5.74) is -1.62. The largest absolute Gasteiger partial charge is 0.394 e. The highest BCUT2D eigenvalue weighted by Gasteiger charge is 2.43. The monoisotopic (exact) mass is 239 g/mol. The van der Waals surface area contributed by atoms with Crippen LogP contribution >= 0.6 is 0 Å². The summed E-state index contributed by atoms with van der Waals surface area (Å²) in [5, 5.41) is 11.7. The van der Waals surface area contributed by atoms with Crippen LogP contribution in [-0.2, 0) is 11.3 Å². The molecule has 0 saturated heterocycles. The predicted molar refractivity (Wildman–Crippen MR) is 58.5 cm³/mol. The molecule has 1 fully saturated rings. The summed E-state index contributed by atoms with van der Waals surface area (Å²) in [6.07, 6.45) is 2.75. The van der Waals surface area contributed by atoms with Crippen molar-refractivity contribution in [3.8, 4) is 0 Å². The number of aromatic amines is 1. The van der Waals surface area contributed by atoms with Crippen LogP contribution in [0.4, 0.5) is 0 Å². The van der Waals surface area contributed by atoms with Crippen LogP contribution in [0.15, 0.2) is 21.9 Å². The van der Waals surface area contributed by atoms with Crippen LogP contribution in [-0.4, -0.2) is 32.7 Å². The van der Waals surface area contributed by atoms with Crippen LogP contribution in [0.1, 0.15) is 12.8 Å². The van der Waals surface area contributed by atoms with Crippen molar-refractivity contribution in [2.24, 2.45) is 0 Å². The van der Waals surface area contributed by atoms with Crippen LogP contribution in [0.2, 0.25) is 0 Å². The number of amides is 1. The Labute approximate surface area is 96.1 Å². The molecular weight excluding hydrogens is 226 g/mol. The molecule has 92 valence electrons. The van der Waals surface area contributed by atoms with Crippen LogP contribution in [0, 0.1) is 0 Å². The van der Waals surface area contributed by atoms with Crippen LogP contribution in [0.3, 0.4) is 0 Å². The lowest BCUT2D eigenvalue weighted by Crippen LogP contribution is -2.43. The molecule has 0 bridgehead atoms. The number of aromatic nitrogens is 2. The minimum Gasteiger partial charge on any atom is -0.394 e. The standard InChI is InChI=1S/C10H13N3O4/c14-6-10(2-3-10)12-8(16)5-13-4-1-7(15)11-9(13)17/h1,4,14H,2-3,5-6H2,(H,12,16)(H,11,15,17). The molecule has 0 unspecified atom stereocenters. The Kier molecular flexibility index (Phi) is 2.84. The summed E-state index contributed by atoms with van der Waals surface area (Å²) >= 11 is 0. The fourth-order valence-electron chi connectivity index (χ4n) is 1.53. The van der Waals surface area contributed by atoms with E-state index in [1.165, 1.54) is 12.3 Å². The zero-order valence-corrected chi connectivity index (χ0v) is 9.10. The number of rotatable bonds is 4. The third-order valence-corrected chi connectivity index (χ3v) is 2.77. The van der Waals surface area contributed by atoms with Crippen molar-refractivity contribution < 1.29 is 9.90 Å². The van der Waals surface area contributed by atoms with Gasteiger partial charge in [-0.3, -0.25) is 19.1 Å². The molecule has 1 aliphatic rings.